The van der Waals surface area contributed by atoms with E-state index in [4.69, 9.17) is 5.11 Å². The van der Waals surface area contributed by atoms with Crippen molar-refractivity contribution in [1.29, 1.82) is 0 Å². The average Bonchev–Trinajstić information content (AvgIpc) is 3.19. The van der Waals surface area contributed by atoms with Crippen molar-refractivity contribution >= 4 is 16.6 Å². The van der Waals surface area contributed by atoms with Crippen LogP contribution < -0.4 is 5.32 Å². The average molecular weight is 521 g/mol. The zero-order chi connectivity index (χ0) is 26.3. The molecule has 0 bridgehead atoms. The summed E-state index contributed by atoms with van der Waals surface area (Å²) in [4.78, 5) is 6.76. The molecular weight excluding hydrogens is 488 g/mol. The lowest BCUT2D eigenvalue weighted by atomic mass is 9.87. The molecule has 0 saturated carbocycles. The van der Waals surface area contributed by atoms with E-state index in [-0.39, 0.29) is 18.2 Å². The fourth-order valence-corrected chi connectivity index (χ4v) is 5.68. The zero-order valence-corrected chi connectivity index (χ0v) is 20.7. The number of fused-ring (bicyclic) bond motifs is 3. The Labute approximate surface area is 212 Å². The van der Waals surface area contributed by atoms with Crippen LogP contribution in [0.2, 0.25) is 0 Å². The summed E-state index contributed by atoms with van der Waals surface area (Å²) in [6.45, 7) is 1.85. The number of nitrogens with one attached hydrogen (secondary N) is 2. The molecule has 0 aliphatic carbocycles. The number of H-pyrrole nitrogens is 1. The van der Waals surface area contributed by atoms with Crippen LogP contribution in [0.3, 0.4) is 0 Å². The molecule has 3 heterocycles. The van der Waals surface area contributed by atoms with Crippen LogP contribution in [0.1, 0.15) is 36.2 Å². The highest BCUT2D eigenvalue weighted by atomic mass is 19.3. The summed E-state index contributed by atoms with van der Waals surface area (Å²) >= 11 is 0. The van der Waals surface area contributed by atoms with Gasteiger partial charge in [-0.1, -0.05) is 18.2 Å². The normalized spacial score (nSPS) is 21.3. The molecule has 0 spiro atoms. The lowest BCUT2D eigenvalue weighted by Gasteiger charge is -2.42. The third kappa shape index (κ3) is 5.07. The van der Waals surface area contributed by atoms with E-state index in [9.17, 15) is 13.9 Å². The Hall–Kier alpha value is -2.66. The highest BCUT2D eigenvalue weighted by Crippen LogP contribution is 2.43. The fourth-order valence-electron chi connectivity index (χ4n) is 5.68. The Morgan fingerprint density at radius 3 is 2.49 bits per heavy atom. The van der Waals surface area contributed by atoms with Gasteiger partial charge in [0.1, 0.15) is 18.2 Å². The molecule has 4 N–H and O–H groups in total. The molecule has 2 aromatic carbocycles. The molecule has 3 aromatic rings. The molecule has 5 rings (SSSR count). The van der Waals surface area contributed by atoms with Gasteiger partial charge >= 0.3 is 0 Å². The third-order valence-corrected chi connectivity index (χ3v) is 7.48. The second-order valence-electron chi connectivity index (χ2n) is 10.2. The van der Waals surface area contributed by atoms with Crippen LogP contribution in [-0.2, 0) is 6.42 Å². The van der Waals surface area contributed by atoms with Crippen molar-refractivity contribution in [2.45, 2.75) is 43.8 Å². The van der Waals surface area contributed by atoms with Crippen LogP contribution in [0, 0.1) is 11.6 Å². The van der Waals surface area contributed by atoms with Gasteiger partial charge in [-0.2, -0.15) is 0 Å². The van der Waals surface area contributed by atoms with Crippen LogP contribution >= 0.6 is 0 Å². The van der Waals surface area contributed by atoms with Gasteiger partial charge in [0, 0.05) is 60.1 Å². The van der Waals surface area contributed by atoms with Gasteiger partial charge in [0.15, 0.2) is 0 Å². The van der Waals surface area contributed by atoms with E-state index in [1.807, 2.05) is 24.3 Å². The molecule has 0 radical (unpaired) electrons. The lowest BCUT2D eigenvalue weighted by Crippen LogP contribution is -2.54. The Bertz CT molecular complexity index is 1240. The van der Waals surface area contributed by atoms with Crippen LogP contribution in [0.5, 0.6) is 0 Å². The summed E-state index contributed by atoms with van der Waals surface area (Å²) < 4.78 is 60.2. The first-order chi connectivity index (χ1) is 17.7. The van der Waals surface area contributed by atoms with Crippen molar-refractivity contribution in [2.24, 2.45) is 0 Å². The van der Waals surface area contributed by atoms with Gasteiger partial charge in [0.2, 0.25) is 0 Å². The van der Waals surface area contributed by atoms with Crippen molar-refractivity contribution < 1.29 is 27.8 Å². The number of hydrogen-bond donors (Lipinski definition) is 4. The second kappa shape index (κ2) is 10.2. The minimum Gasteiger partial charge on any atom is -0.396 e. The molecular formula is C27H32F4N4O2. The molecule has 37 heavy (non-hydrogen) atoms. The number of rotatable bonds is 9. The molecule has 0 unspecified atom stereocenters. The predicted molar refractivity (Wildman–Crippen MR) is 134 cm³/mol. The first-order valence-corrected chi connectivity index (χ1v) is 12.6. The fraction of sp³-hybridized carbons (Fsp3) is 0.481. The Morgan fingerprint density at radius 1 is 1.11 bits per heavy atom. The third-order valence-electron chi connectivity index (χ3n) is 7.48. The molecule has 10 heteroatoms. The molecule has 1 fully saturated rings. The van der Waals surface area contributed by atoms with Gasteiger partial charge in [0.05, 0.1) is 18.6 Å². The molecule has 200 valence electrons. The lowest BCUT2D eigenvalue weighted by molar-refractivity contribution is -0.0869. The Morgan fingerprint density at radius 2 is 1.81 bits per heavy atom. The standard InChI is InChI=1S/C27H32F4N4O2/c1-16-9-20-19-5-2-3-6-23(19)33-25(20)26(35(16)14-27(30,31)15-37)24-21(28)10-17(11-22(24)29)32-18-12-34(13-18)7-4-8-36/h2-3,5-6,10-11,16,18,26,32-33,36-37H,4,7-9,12-15H2,1H3/t16-,26-/m1/s1. The van der Waals surface area contributed by atoms with Gasteiger partial charge in [-0.25, -0.2) is 17.6 Å². The molecule has 2 atom stereocenters. The van der Waals surface area contributed by atoms with Crippen molar-refractivity contribution in [3.05, 3.63) is 64.9 Å². The molecule has 6 nitrogen and oxygen atoms in total. The topological polar surface area (TPSA) is 74.8 Å². The molecule has 1 aromatic heterocycles. The number of benzene rings is 2. The van der Waals surface area contributed by atoms with Gasteiger partial charge in [0.25, 0.3) is 5.92 Å². The summed E-state index contributed by atoms with van der Waals surface area (Å²) in [6, 6.07) is 8.37. The van der Waals surface area contributed by atoms with E-state index in [1.54, 1.807) is 6.92 Å². The van der Waals surface area contributed by atoms with Crippen molar-refractivity contribution in [2.75, 3.05) is 44.7 Å². The number of para-hydroxylation sites is 1. The number of aromatic amines is 1. The van der Waals surface area contributed by atoms with Gasteiger partial charge in [-0.15, -0.1) is 0 Å². The van der Waals surface area contributed by atoms with Gasteiger partial charge in [-0.05, 0) is 43.5 Å². The van der Waals surface area contributed by atoms with Crippen LogP contribution in [0.25, 0.3) is 10.9 Å². The minimum absolute atomic E-state index is 0.0260. The SMILES string of the molecule is C[C@@H]1Cc2c([nH]c3ccccc23)[C@@H](c2c(F)cc(NC3CN(CCCO)C3)cc2F)N1CC(F)(F)CO. The number of alkyl halides is 2. The number of nitrogens with zero attached hydrogens (tertiary/aromatic N) is 2. The van der Waals surface area contributed by atoms with Crippen molar-refractivity contribution in [3.63, 3.8) is 0 Å². The van der Waals surface area contributed by atoms with E-state index < -0.39 is 42.8 Å². The summed E-state index contributed by atoms with van der Waals surface area (Å²) in [5, 5.41) is 22.3. The van der Waals surface area contributed by atoms with E-state index in [0.717, 1.165) is 23.0 Å². The van der Waals surface area contributed by atoms with Crippen LogP contribution in [0.15, 0.2) is 36.4 Å². The van der Waals surface area contributed by atoms with Gasteiger partial charge in [-0.3, -0.25) is 9.80 Å². The molecule has 0 amide bonds. The first-order valence-electron chi connectivity index (χ1n) is 12.6. The first kappa shape index (κ1) is 26.0. The number of anilines is 1. The number of hydrogen-bond acceptors (Lipinski definition) is 5. The van der Waals surface area contributed by atoms with E-state index >= 15 is 8.78 Å². The zero-order valence-electron chi connectivity index (χ0n) is 20.7. The quantitative estimate of drug-likeness (QED) is 0.322. The van der Waals surface area contributed by atoms with Gasteiger partial charge < -0.3 is 20.5 Å². The van der Waals surface area contributed by atoms with Crippen LogP contribution in [-0.4, -0.2) is 82.4 Å². The summed E-state index contributed by atoms with van der Waals surface area (Å²) in [5.74, 6) is -5.07. The van der Waals surface area contributed by atoms with E-state index in [2.05, 4.69) is 15.2 Å². The molecule has 2 aliphatic rings. The summed E-state index contributed by atoms with van der Waals surface area (Å²) in [6.07, 6.45) is 1.10. The predicted octanol–water partition coefficient (Wildman–Crippen LogP) is 3.89. The largest absolute Gasteiger partial charge is 0.396 e. The highest BCUT2D eigenvalue weighted by Gasteiger charge is 2.43. The number of aliphatic hydroxyl groups excluding tert-OH is 2. The highest BCUT2D eigenvalue weighted by molar-refractivity contribution is 5.85. The maximum absolute atomic E-state index is 15.7. The molecule has 1 saturated heterocycles. The number of aromatic nitrogens is 1. The smallest absolute Gasteiger partial charge is 0.283 e. The molecule has 2 aliphatic heterocycles. The van der Waals surface area contributed by atoms with Crippen molar-refractivity contribution in [3.8, 4) is 0 Å². The number of aliphatic hydroxyl groups is 2. The van der Waals surface area contributed by atoms with Crippen molar-refractivity contribution in [1.82, 2.24) is 14.8 Å². The van der Waals surface area contributed by atoms with Crippen LogP contribution in [0.4, 0.5) is 23.2 Å². The Kier molecular flexibility index (Phi) is 7.19. The minimum atomic E-state index is -3.43. The maximum Gasteiger partial charge on any atom is 0.283 e. The summed E-state index contributed by atoms with van der Waals surface area (Å²) in [5.41, 5.74) is 2.12. The van der Waals surface area contributed by atoms with E-state index in [0.29, 0.717) is 37.3 Å². The summed E-state index contributed by atoms with van der Waals surface area (Å²) in [7, 11) is 0. The number of likely N-dealkylation sites (tertiary alicyclic amines) is 1. The number of halogens is 4. The Balaban J connectivity index is 1.50. The van der Waals surface area contributed by atoms with E-state index in [1.165, 1.54) is 17.0 Å². The maximum atomic E-state index is 15.7. The monoisotopic (exact) mass is 520 g/mol. The second-order valence-corrected chi connectivity index (χ2v) is 10.2.